The molecule has 21 heavy (non-hydrogen) atoms. The number of pyridine rings is 1. The Labute approximate surface area is 130 Å². The van der Waals surface area contributed by atoms with Crippen LogP contribution in [0.2, 0.25) is 0 Å². The van der Waals surface area contributed by atoms with Crippen molar-refractivity contribution < 1.29 is 4.79 Å². The summed E-state index contributed by atoms with van der Waals surface area (Å²) in [5, 5.41) is 2.82. The fraction of sp³-hybridized carbons (Fsp3) is 0.200. The molecule has 0 unspecified atom stereocenters. The quantitative estimate of drug-likeness (QED) is 0.832. The molecule has 5 nitrogen and oxygen atoms in total. The molecule has 1 aromatic carbocycles. The maximum atomic E-state index is 11.9. The van der Waals surface area contributed by atoms with Crippen molar-refractivity contribution in [3.8, 4) is 0 Å². The molecule has 110 valence electrons. The fourth-order valence-corrected chi connectivity index (χ4v) is 2.32. The van der Waals surface area contributed by atoms with Crippen molar-refractivity contribution in [1.82, 2.24) is 4.57 Å². The number of hydrogen-bond donors (Lipinski definition) is 2. The Morgan fingerprint density at radius 3 is 2.81 bits per heavy atom. The summed E-state index contributed by atoms with van der Waals surface area (Å²) >= 11 is 3.30. The van der Waals surface area contributed by atoms with Crippen molar-refractivity contribution in [3.63, 3.8) is 0 Å². The Kier molecular flexibility index (Phi) is 4.80. The number of aryl methyl sites for hydroxylation is 2. The molecule has 2 aromatic rings. The molecular formula is C15H16BrN3O2. The summed E-state index contributed by atoms with van der Waals surface area (Å²) < 4.78 is 2.30. The zero-order chi connectivity index (χ0) is 15.4. The molecule has 0 spiro atoms. The minimum Gasteiger partial charge on any atom is -0.399 e. The molecule has 1 heterocycles. The number of carbonyl (C=O) groups excluding carboxylic acids is 1. The first-order chi connectivity index (χ1) is 9.95. The Morgan fingerprint density at radius 2 is 2.10 bits per heavy atom. The standard InChI is InChI=1S/C15H16BrN3O2/c1-10-8-12(17)3-4-13(10)18-14(20)6-7-19-9-11(16)2-5-15(19)21/h2-5,8-9H,6-7,17H2,1H3,(H,18,20). The molecule has 0 aliphatic heterocycles. The molecule has 0 bridgehead atoms. The summed E-state index contributed by atoms with van der Waals surface area (Å²) in [5.41, 5.74) is 7.83. The summed E-state index contributed by atoms with van der Waals surface area (Å²) in [6.45, 7) is 2.21. The van der Waals surface area contributed by atoms with E-state index in [1.165, 1.54) is 10.6 Å². The number of benzene rings is 1. The lowest BCUT2D eigenvalue weighted by atomic mass is 10.2. The van der Waals surface area contributed by atoms with E-state index in [0.29, 0.717) is 12.2 Å². The van der Waals surface area contributed by atoms with Gasteiger partial charge in [0.1, 0.15) is 0 Å². The number of nitrogens with two attached hydrogens (primary N) is 1. The van der Waals surface area contributed by atoms with Gasteiger partial charge < -0.3 is 15.6 Å². The molecule has 0 saturated carbocycles. The van der Waals surface area contributed by atoms with Crippen molar-refractivity contribution in [2.75, 3.05) is 11.1 Å². The van der Waals surface area contributed by atoms with Gasteiger partial charge in [0, 0.05) is 41.1 Å². The van der Waals surface area contributed by atoms with E-state index in [4.69, 9.17) is 5.73 Å². The largest absolute Gasteiger partial charge is 0.399 e. The zero-order valence-corrected chi connectivity index (χ0v) is 13.2. The number of nitrogen functional groups attached to an aromatic ring is 1. The highest BCUT2D eigenvalue weighted by Gasteiger charge is 2.06. The summed E-state index contributed by atoms with van der Waals surface area (Å²) in [7, 11) is 0. The maximum Gasteiger partial charge on any atom is 0.250 e. The van der Waals surface area contributed by atoms with Crippen LogP contribution in [0.5, 0.6) is 0 Å². The normalized spacial score (nSPS) is 10.4. The van der Waals surface area contributed by atoms with E-state index in [1.807, 2.05) is 6.92 Å². The van der Waals surface area contributed by atoms with Gasteiger partial charge in [0.2, 0.25) is 5.91 Å². The zero-order valence-electron chi connectivity index (χ0n) is 11.6. The van der Waals surface area contributed by atoms with E-state index in [0.717, 1.165) is 15.7 Å². The van der Waals surface area contributed by atoms with Crippen molar-refractivity contribution >= 4 is 33.2 Å². The second-order valence-electron chi connectivity index (χ2n) is 4.75. The average Bonchev–Trinajstić information content (AvgIpc) is 2.43. The molecule has 0 saturated heterocycles. The van der Waals surface area contributed by atoms with Crippen LogP contribution < -0.4 is 16.6 Å². The van der Waals surface area contributed by atoms with Gasteiger partial charge in [0.05, 0.1) is 0 Å². The molecule has 1 aromatic heterocycles. The van der Waals surface area contributed by atoms with Crippen LogP contribution in [-0.2, 0) is 11.3 Å². The Bertz CT molecular complexity index is 725. The number of carbonyl (C=O) groups is 1. The molecule has 0 aliphatic rings. The SMILES string of the molecule is Cc1cc(N)ccc1NC(=O)CCn1cc(Br)ccc1=O. The van der Waals surface area contributed by atoms with E-state index < -0.39 is 0 Å². The molecule has 2 rings (SSSR count). The summed E-state index contributed by atoms with van der Waals surface area (Å²) in [6, 6.07) is 8.45. The number of anilines is 2. The lowest BCUT2D eigenvalue weighted by molar-refractivity contribution is -0.116. The highest BCUT2D eigenvalue weighted by atomic mass is 79.9. The van der Waals surface area contributed by atoms with Crippen molar-refractivity contribution in [2.24, 2.45) is 0 Å². The van der Waals surface area contributed by atoms with Crippen molar-refractivity contribution in [1.29, 1.82) is 0 Å². The van der Waals surface area contributed by atoms with Gasteiger partial charge in [-0.15, -0.1) is 0 Å². The fourth-order valence-electron chi connectivity index (χ4n) is 1.94. The lowest BCUT2D eigenvalue weighted by Gasteiger charge is -2.10. The predicted octanol–water partition coefficient (Wildman–Crippen LogP) is 2.53. The Hall–Kier alpha value is -2.08. The van der Waals surface area contributed by atoms with Crippen molar-refractivity contribution in [3.05, 3.63) is 56.9 Å². The Morgan fingerprint density at radius 1 is 1.33 bits per heavy atom. The van der Waals surface area contributed by atoms with Crippen LogP contribution in [0, 0.1) is 6.92 Å². The van der Waals surface area contributed by atoms with Gasteiger partial charge in [0.15, 0.2) is 0 Å². The third-order valence-electron chi connectivity index (χ3n) is 3.05. The molecule has 3 N–H and O–H groups in total. The van der Waals surface area contributed by atoms with Gasteiger partial charge in [-0.25, -0.2) is 0 Å². The number of halogens is 1. The second-order valence-corrected chi connectivity index (χ2v) is 5.67. The number of hydrogen-bond acceptors (Lipinski definition) is 3. The third kappa shape index (κ3) is 4.19. The van der Waals surface area contributed by atoms with Crippen LogP contribution in [0.1, 0.15) is 12.0 Å². The second kappa shape index (κ2) is 6.58. The van der Waals surface area contributed by atoms with Crippen LogP contribution in [0.25, 0.3) is 0 Å². The Balaban J connectivity index is 1.99. The summed E-state index contributed by atoms with van der Waals surface area (Å²) in [6.07, 6.45) is 1.89. The average molecular weight is 350 g/mol. The van der Waals surface area contributed by atoms with Crippen LogP contribution in [0.3, 0.4) is 0 Å². The number of aromatic nitrogens is 1. The van der Waals surface area contributed by atoms with E-state index in [9.17, 15) is 9.59 Å². The van der Waals surface area contributed by atoms with E-state index in [2.05, 4.69) is 21.2 Å². The highest BCUT2D eigenvalue weighted by Crippen LogP contribution is 2.17. The van der Waals surface area contributed by atoms with Crippen LogP contribution in [0.15, 0.2) is 45.8 Å². The van der Waals surface area contributed by atoms with Crippen LogP contribution >= 0.6 is 15.9 Å². The van der Waals surface area contributed by atoms with Crippen LogP contribution in [-0.4, -0.2) is 10.5 Å². The molecule has 0 fully saturated rings. The van der Waals surface area contributed by atoms with Gasteiger partial charge in [-0.05, 0) is 52.7 Å². The van der Waals surface area contributed by atoms with Gasteiger partial charge in [-0.1, -0.05) is 0 Å². The number of amides is 1. The minimum atomic E-state index is -0.144. The maximum absolute atomic E-state index is 11.9. The highest BCUT2D eigenvalue weighted by molar-refractivity contribution is 9.10. The molecular weight excluding hydrogens is 334 g/mol. The van der Waals surface area contributed by atoms with Crippen LogP contribution in [0.4, 0.5) is 11.4 Å². The topological polar surface area (TPSA) is 77.1 Å². The minimum absolute atomic E-state index is 0.130. The molecule has 0 atom stereocenters. The van der Waals surface area contributed by atoms with Gasteiger partial charge >= 0.3 is 0 Å². The summed E-state index contributed by atoms with van der Waals surface area (Å²) in [5.74, 6) is -0.144. The smallest absolute Gasteiger partial charge is 0.250 e. The van der Waals surface area contributed by atoms with Crippen molar-refractivity contribution in [2.45, 2.75) is 19.9 Å². The first-order valence-electron chi connectivity index (χ1n) is 6.47. The number of rotatable bonds is 4. The molecule has 0 radical (unpaired) electrons. The molecule has 0 aliphatic carbocycles. The predicted molar refractivity (Wildman–Crippen MR) is 87.2 cm³/mol. The van der Waals surface area contributed by atoms with E-state index in [1.54, 1.807) is 30.5 Å². The van der Waals surface area contributed by atoms with Gasteiger partial charge in [0.25, 0.3) is 5.56 Å². The van der Waals surface area contributed by atoms with E-state index >= 15 is 0 Å². The van der Waals surface area contributed by atoms with E-state index in [-0.39, 0.29) is 17.9 Å². The number of nitrogens with zero attached hydrogens (tertiary/aromatic N) is 1. The lowest BCUT2D eigenvalue weighted by Crippen LogP contribution is -2.22. The van der Waals surface area contributed by atoms with Gasteiger partial charge in [-0.2, -0.15) is 0 Å². The third-order valence-corrected chi connectivity index (χ3v) is 3.52. The summed E-state index contributed by atoms with van der Waals surface area (Å²) in [4.78, 5) is 23.6. The molecule has 1 amide bonds. The van der Waals surface area contributed by atoms with Gasteiger partial charge in [-0.3, -0.25) is 9.59 Å². The first-order valence-corrected chi connectivity index (χ1v) is 7.27. The molecule has 6 heteroatoms. The first kappa shape index (κ1) is 15.3. The number of nitrogens with one attached hydrogen (secondary N) is 1. The monoisotopic (exact) mass is 349 g/mol.